The SMILES string of the molecule is CC1(C)CC2(CC(C)(C)N1)NCC(F)(F)CO2. The molecule has 17 heavy (non-hydrogen) atoms. The molecule has 0 atom stereocenters. The first-order valence-electron chi connectivity index (χ1n) is 6.10. The Hall–Kier alpha value is -0.260. The van der Waals surface area contributed by atoms with Crippen molar-refractivity contribution in [1.29, 1.82) is 0 Å². The number of piperidine rings is 1. The van der Waals surface area contributed by atoms with Gasteiger partial charge in [0.05, 0.1) is 6.54 Å². The summed E-state index contributed by atoms with van der Waals surface area (Å²) in [5, 5.41) is 6.44. The van der Waals surface area contributed by atoms with Crippen molar-refractivity contribution in [3.8, 4) is 0 Å². The minimum Gasteiger partial charge on any atom is -0.354 e. The third-order valence-corrected chi connectivity index (χ3v) is 3.36. The predicted molar refractivity (Wildman–Crippen MR) is 62.2 cm³/mol. The van der Waals surface area contributed by atoms with Crippen LogP contribution in [0.5, 0.6) is 0 Å². The van der Waals surface area contributed by atoms with Gasteiger partial charge in [0.1, 0.15) is 12.3 Å². The lowest BCUT2D eigenvalue weighted by atomic mass is 9.76. The molecule has 2 aliphatic rings. The molecule has 0 unspecified atom stereocenters. The monoisotopic (exact) mass is 248 g/mol. The first-order chi connectivity index (χ1) is 7.54. The number of hydrogen-bond donors (Lipinski definition) is 2. The highest BCUT2D eigenvalue weighted by Gasteiger charge is 2.52. The van der Waals surface area contributed by atoms with Gasteiger partial charge in [-0.1, -0.05) is 0 Å². The molecule has 2 saturated heterocycles. The summed E-state index contributed by atoms with van der Waals surface area (Å²) in [6, 6.07) is 0. The van der Waals surface area contributed by atoms with Gasteiger partial charge in [0.15, 0.2) is 0 Å². The molecule has 100 valence electrons. The van der Waals surface area contributed by atoms with Crippen molar-refractivity contribution in [3.63, 3.8) is 0 Å². The molecule has 0 bridgehead atoms. The summed E-state index contributed by atoms with van der Waals surface area (Å²) < 4.78 is 31.7. The molecule has 0 aromatic carbocycles. The van der Waals surface area contributed by atoms with Crippen LogP contribution in [0.2, 0.25) is 0 Å². The summed E-state index contributed by atoms with van der Waals surface area (Å²) in [6.07, 6.45) is 1.39. The Labute approximate surface area is 101 Å². The van der Waals surface area contributed by atoms with E-state index in [9.17, 15) is 8.78 Å². The normalized spacial score (nSPS) is 33.5. The number of alkyl halides is 2. The maximum atomic E-state index is 13.1. The number of ether oxygens (including phenoxy) is 1. The largest absolute Gasteiger partial charge is 0.354 e. The van der Waals surface area contributed by atoms with Crippen molar-refractivity contribution >= 4 is 0 Å². The summed E-state index contributed by atoms with van der Waals surface area (Å²) in [5.41, 5.74) is -0.858. The van der Waals surface area contributed by atoms with Gasteiger partial charge in [0, 0.05) is 23.9 Å². The second-order valence-electron chi connectivity index (χ2n) is 6.74. The molecule has 0 saturated carbocycles. The van der Waals surface area contributed by atoms with Gasteiger partial charge in [0.25, 0.3) is 5.92 Å². The van der Waals surface area contributed by atoms with Gasteiger partial charge in [-0.2, -0.15) is 0 Å². The fraction of sp³-hybridized carbons (Fsp3) is 1.00. The Kier molecular flexibility index (Phi) is 2.81. The van der Waals surface area contributed by atoms with E-state index in [0.717, 1.165) is 0 Å². The summed E-state index contributed by atoms with van der Waals surface area (Å²) in [5.74, 6) is -2.75. The molecule has 5 heteroatoms. The first-order valence-corrected chi connectivity index (χ1v) is 6.10. The van der Waals surface area contributed by atoms with E-state index >= 15 is 0 Å². The maximum absolute atomic E-state index is 13.1. The van der Waals surface area contributed by atoms with E-state index in [0.29, 0.717) is 12.8 Å². The fourth-order valence-electron chi connectivity index (χ4n) is 3.36. The molecule has 0 aromatic rings. The molecule has 3 nitrogen and oxygen atoms in total. The van der Waals surface area contributed by atoms with Gasteiger partial charge in [-0.15, -0.1) is 0 Å². The molecule has 2 aliphatic heterocycles. The minimum atomic E-state index is -2.75. The fourth-order valence-corrected chi connectivity index (χ4v) is 3.36. The van der Waals surface area contributed by atoms with Crippen LogP contribution in [-0.4, -0.2) is 35.9 Å². The highest BCUT2D eigenvalue weighted by molar-refractivity contribution is 5.05. The lowest BCUT2D eigenvalue weighted by Gasteiger charge is -2.54. The van der Waals surface area contributed by atoms with Gasteiger partial charge in [-0.3, -0.25) is 5.32 Å². The van der Waals surface area contributed by atoms with E-state index in [2.05, 4.69) is 38.3 Å². The summed E-state index contributed by atoms with van der Waals surface area (Å²) in [7, 11) is 0. The second-order valence-corrected chi connectivity index (χ2v) is 6.74. The van der Waals surface area contributed by atoms with Gasteiger partial charge < -0.3 is 10.1 Å². The van der Waals surface area contributed by atoms with Gasteiger partial charge in [-0.25, -0.2) is 8.78 Å². The third-order valence-electron chi connectivity index (χ3n) is 3.36. The molecule has 2 rings (SSSR count). The molecule has 0 radical (unpaired) electrons. The lowest BCUT2D eigenvalue weighted by Crippen LogP contribution is -2.71. The van der Waals surface area contributed by atoms with Crippen LogP contribution in [0.3, 0.4) is 0 Å². The second kappa shape index (κ2) is 3.62. The van der Waals surface area contributed by atoms with Crippen molar-refractivity contribution in [2.45, 2.75) is 63.3 Å². The standard InChI is InChI=1S/C12H22F2N2O/c1-9(2)5-12(6-10(3,4)16-9)15-7-11(13,14)8-17-12/h15-16H,5-8H2,1-4H3. The van der Waals surface area contributed by atoms with Gasteiger partial charge >= 0.3 is 0 Å². The Bertz CT molecular complexity index is 288. The quantitative estimate of drug-likeness (QED) is 0.686. The van der Waals surface area contributed by atoms with Crippen LogP contribution in [0.15, 0.2) is 0 Å². The number of nitrogens with one attached hydrogen (secondary N) is 2. The van der Waals surface area contributed by atoms with Crippen LogP contribution in [0.25, 0.3) is 0 Å². The highest BCUT2D eigenvalue weighted by atomic mass is 19.3. The van der Waals surface area contributed by atoms with Crippen molar-refractivity contribution in [2.75, 3.05) is 13.2 Å². The van der Waals surface area contributed by atoms with E-state index in [1.807, 2.05) is 0 Å². The summed E-state index contributed by atoms with van der Waals surface area (Å²) in [6.45, 7) is 7.53. The third kappa shape index (κ3) is 2.95. The number of hydrogen-bond acceptors (Lipinski definition) is 3. The van der Waals surface area contributed by atoms with Crippen LogP contribution < -0.4 is 10.6 Å². The lowest BCUT2D eigenvalue weighted by molar-refractivity contribution is -0.219. The molecule has 2 N–H and O–H groups in total. The zero-order valence-corrected chi connectivity index (χ0v) is 11.0. The van der Waals surface area contributed by atoms with Crippen LogP contribution in [0.1, 0.15) is 40.5 Å². The predicted octanol–water partition coefficient (Wildman–Crippen LogP) is 1.88. The van der Waals surface area contributed by atoms with E-state index in [4.69, 9.17) is 4.74 Å². The zero-order chi connectivity index (χ0) is 12.9. The van der Waals surface area contributed by atoms with Crippen LogP contribution >= 0.6 is 0 Å². The Morgan fingerprint density at radius 1 is 1.00 bits per heavy atom. The van der Waals surface area contributed by atoms with Gasteiger partial charge in [-0.05, 0) is 27.7 Å². The first kappa shape index (κ1) is 13.2. The summed E-state index contributed by atoms with van der Waals surface area (Å²) >= 11 is 0. The molecule has 1 spiro atoms. The van der Waals surface area contributed by atoms with E-state index < -0.39 is 18.3 Å². The van der Waals surface area contributed by atoms with E-state index in [-0.39, 0.29) is 17.6 Å². The Balaban J connectivity index is 2.15. The molecule has 0 aromatic heterocycles. The molecule has 2 fully saturated rings. The molecular formula is C12H22F2N2O. The van der Waals surface area contributed by atoms with Crippen molar-refractivity contribution < 1.29 is 13.5 Å². The Morgan fingerprint density at radius 2 is 1.53 bits per heavy atom. The highest BCUT2D eigenvalue weighted by Crippen LogP contribution is 2.39. The van der Waals surface area contributed by atoms with Crippen molar-refractivity contribution in [3.05, 3.63) is 0 Å². The molecule has 0 aliphatic carbocycles. The Morgan fingerprint density at radius 3 is 1.94 bits per heavy atom. The molecular weight excluding hydrogens is 226 g/mol. The maximum Gasteiger partial charge on any atom is 0.283 e. The van der Waals surface area contributed by atoms with Crippen LogP contribution in [0, 0.1) is 0 Å². The minimum absolute atomic E-state index is 0.124. The number of rotatable bonds is 0. The average Bonchev–Trinajstić information content (AvgIpc) is 2.06. The van der Waals surface area contributed by atoms with E-state index in [1.54, 1.807) is 0 Å². The smallest absolute Gasteiger partial charge is 0.283 e. The van der Waals surface area contributed by atoms with Crippen LogP contribution in [-0.2, 0) is 4.74 Å². The van der Waals surface area contributed by atoms with Gasteiger partial charge in [0.2, 0.25) is 0 Å². The molecule has 0 amide bonds. The number of halogens is 2. The van der Waals surface area contributed by atoms with Crippen molar-refractivity contribution in [1.82, 2.24) is 10.6 Å². The molecule has 2 heterocycles. The van der Waals surface area contributed by atoms with Crippen molar-refractivity contribution in [2.24, 2.45) is 0 Å². The van der Waals surface area contributed by atoms with Crippen LogP contribution in [0.4, 0.5) is 8.78 Å². The zero-order valence-electron chi connectivity index (χ0n) is 11.0. The summed E-state index contributed by atoms with van der Waals surface area (Å²) in [4.78, 5) is 0. The topological polar surface area (TPSA) is 33.3 Å². The average molecular weight is 248 g/mol. The van der Waals surface area contributed by atoms with E-state index in [1.165, 1.54) is 0 Å².